The lowest BCUT2D eigenvalue weighted by molar-refractivity contribution is 0.0936. The number of carbonyl (C=O) groups is 2. The van der Waals surface area contributed by atoms with Gasteiger partial charge in [-0.05, 0) is 24.6 Å². The average Bonchev–Trinajstić information content (AvgIpc) is 2.52. The van der Waals surface area contributed by atoms with Gasteiger partial charge in [0.1, 0.15) is 11.5 Å². The van der Waals surface area contributed by atoms with Crippen LogP contribution in [0, 0.1) is 0 Å². The number of ketones is 2. The Morgan fingerprint density at radius 2 is 1.57 bits per heavy atom. The van der Waals surface area contributed by atoms with Crippen molar-refractivity contribution >= 4 is 11.6 Å². The van der Waals surface area contributed by atoms with E-state index in [1.54, 1.807) is 0 Å². The third kappa shape index (κ3) is 3.62. The first kappa shape index (κ1) is 17.2. The van der Waals surface area contributed by atoms with Crippen LogP contribution in [0.2, 0.25) is 0 Å². The minimum Gasteiger partial charge on any atom is -0.507 e. The molecule has 5 nitrogen and oxygen atoms in total. The van der Waals surface area contributed by atoms with Gasteiger partial charge in [0.15, 0.2) is 11.6 Å². The lowest BCUT2D eigenvalue weighted by Gasteiger charge is -2.20. The number of benzene rings is 1. The van der Waals surface area contributed by atoms with Crippen molar-refractivity contribution in [2.75, 3.05) is 0 Å². The molecule has 3 N–H and O–H groups in total. The topological polar surface area (TPSA) is 94.8 Å². The summed E-state index contributed by atoms with van der Waals surface area (Å²) in [5, 5.41) is 29.8. The summed E-state index contributed by atoms with van der Waals surface area (Å²) < 4.78 is 0. The van der Waals surface area contributed by atoms with Crippen molar-refractivity contribution in [2.24, 2.45) is 0 Å². The predicted molar refractivity (Wildman–Crippen MR) is 85.9 cm³/mol. The fraction of sp³-hybridized carbons (Fsp3) is 0.444. The maximum Gasteiger partial charge on any atom is 0.196 e. The lowest BCUT2D eigenvalue weighted by Crippen LogP contribution is -2.25. The first-order chi connectivity index (χ1) is 11.0. The second-order valence-electron chi connectivity index (χ2n) is 5.87. The van der Waals surface area contributed by atoms with Gasteiger partial charge in [-0.1, -0.05) is 39.0 Å². The summed E-state index contributed by atoms with van der Waals surface area (Å²) >= 11 is 0. The number of aliphatic hydroxyl groups is 1. The Balaban J connectivity index is 2.14. The lowest BCUT2D eigenvalue weighted by atomic mass is 9.85. The summed E-state index contributed by atoms with van der Waals surface area (Å²) in [7, 11) is 0. The van der Waals surface area contributed by atoms with Gasteiger partial charge >= 0.3 is 0 Å². The number of hydrogen-bond acceptors (Lipinski definition) is 5. The van der Waals surface area contributed by atoms with E-state index in [1.165, 1.54) is 12.1 Å². The minimum atomic E-state index is -1.04. The van der Waals surface area contributed by atoms with Gasteiger partial charge in [0.05, 0.1) is 17.2 Å². The summed E-state index contributed by atoms with van der Waals surface area (Å²) in [4.78, 5) is 24.6. The number of hydrogen-bond donors (Lipinski definition) is 3. The number of carbonyl (C=O) groups excluding carboxylic acids is 2. The van der Waals surface area contributed by atoms with Crippen LogP contribution in [-0.2, 0) is 0 Å². The molecule has 1 aliphatic carbocycles. The van der Waals surface area contributed by atoms with E-state index in [9.17, 15) is 24.9 Å². The Hall–Kier alpha value is -2.14. The smallest absolute Gasteiger partial charge is 0.196 e. The van der Waals surface area contributed by atoms with Crippen LogP contribution in [-0.4, -0.2) is 33.0 Å². The normalized spacial score (nSPS) is 15.3. The molecule has 1 aromatic carbocycles. The number of Topliss-reactive ketones (excluding diaryl/α,β-unsaturated/α-hetero) is 1. The first-order valence-electron chi connectivity index (χ1n) is 8.01. The van der Waals surface area contributed by atoms with Crippen molar-refractivity contribution in [2.45, 2.75) is 51.6 Å². The molecule has 0 aromatic heterocycles. The molecule has 23 heavy (non-hydrogen) atoms. The molecule has 1 aromatic rings. The second kappa shape index (κ2) is 7.42. The van der Waals surface area contributed by atoms with Gasteiger partial charge in [-0.3, -0.25) is 9.59 Å². The number of aliphatic hydroxyl groups excluding tert-OH is 1. The van der Waals surface area contributed by atoms with Gasteiger partial charge in [-0.15, -0.1) is 0 Å². The molecule has 2 rings (SSSR count). The molecular weight excluding hydrogens is 296 g/mol. The van der Waals surface area contributed by atoms with Crippen LogP contribution in [0.3, 0.4) is 0 Å². The Kier molecular flexibility index (Phi) is 5.55. The van der Waals surface area contributed by atoms with Crippen molar-refractivity contribution in [3.63, 3.8) is 0 Å². The summed E-state index contributed by atoms with van der Waals surface area (Å²) in [5.41, 5.74) is -0.440. The zero-order valence-electron chi connectivity index (χ0n) is 13.2. The number of fused-ring (bicyclic) bond motifs is 1. The van der Waals surface area contributed by atoms with Crippen molar-refractivity contribution < 1.29 is 24.9 Å². The quantitative estimate of drug-likeness (QED) is 0.530. The molecule has 0 bridgehead atoms. The molecule has 1 atom stereocenters. The fourth-order valence-corrected chi connectivity index (χ4v) is 2.83. The van der Waals surface area contributed by atoms with E-state index in [-0.39, 0.29) is 28.2 Å². The molecule has 0 radical (unpaired) electrons. The van der Waals surface area contributed by atoms with Gasteiger partial charge in [0, 0.05) is 5.57 Å². The molecule has 5 heteroatoms. The zero-order valence-corrected chi connectivity index (χ0v) is 13.2. The predicted octanol–water partition coefficient (Wildman–Crippen LogP) is 3.12. The van der Waals surface area contributed by atoms with E-state index >= 15 is 0 Å². The fourth-order valence-electron chi connectivity index (χ4n) is 2.83. The largest absolute Gasteiger partial charge is 0.507 e. The third-order valence-corrected chi connectivity index (χ3v) is 4.12. The molecule has 1 unspecified atom stereocenters. The molecule has 1 aliphatic rings. The molecule has 0 amide bonds. The Bertz CT molecular complexity index is 645. The number of phenolic OH excluding ortho intramolecular Hbond substituents is 2. The Labute approximate surface area is 135 Å². The highest BCUT2D eigenvalue weighted by molar-refractivity contribution is 6.26. The zero-order chi connectivity index (χ0) is 17.0. The highest BCUT2D eigenvalue weighted by Gasteiger charge is 2.33. The van der Waals surface area contributed by atoms with E-state index in [1.807, 2.05) is 0 Å². The van der Waals surface area contributed by atoms with E-state index in [0.717, 1.165) is 38.2 Å². The number of rotatable bonds is 7. The second-order valence-corrected chi connectivity index (χ2v) is 5.87. The van der Waals surface area contributed by atoms with Crippen LogP contribution in [0.5, 0.6) is 11.5 Å². The van der Waals surface area contributed by atoms with Crippen molar-refractivity contribution in [3.05, 3.63) is 34.9 Å². The third-order valence-electron chi connectivity index (χ3n) is 4.12. The van der Waals surface area contributed by atoms with Crippen LogP contribution in [0.4, 0.5) is 0 Å². The highest BCUT2D eigenvalue weighted by atomic mass is 16.3. The molecular formula is C18H22O5. The van der Waals surface area contributed by atoms with Crippen LogP contribution in [0.1, 0.15) is 66.2 Å². The number of phenols is 2. The van der Waals surface area contributed by atoms with Crippen LogP contribution >= 0.6 is 0 Å². The molecule has 124 valence electrons. The molecule has 0 saturated carbocycles. The Morgan fingerprint density at radius 1 is 0.957 bits per heavy atom. The average molecular weight is 318 g/mol. The van der Waals surface area contributed by atoms with Crippen LogP contribution in [0.15, 0.2) is 23.8 Å². The molecule has 0 aliphatic heterocycles. The first-order valence-corrected chi connectivity index (χ1v) is 8.01. The van der Waals surface area contributed by atoms with Gasteiger partial charge in [0.25, 0.3) is 0 Å². The molecule has 0 heterocycles. The monoisotopic (exact) mass is 318 g/mol. The highest BCUT2D eigenvalue weighted by Crippen LogP contribution is 2.35. The summed E-state index contributed by atoms with van der Waals surface area (Å²) in [6.07, 6.45) is 5.48. The summed E-state index contributed by atoms with van der Waals surface area (Å²) in [6.45, 7) is 2.12. The summed E-state index contributed by atoms with van der Waals surface area (Å²) in [6, 6.07) is 2.34. The number of aromatic hydroxyl groups is 2. The van der Waals surface area contributed by atoms with Crippen molar-refractivity contribution in [1.29, 1.82) is 0 Å². The van der Waals surface area contributed by atoms with E-state index in [2.05, 4.69) is 6.92 Å². The number of allylic oxidation sites excluding steroid dienone is 1. The van der Waals surface area contributed by atoms with E-state index in [4.69, 9.17) is 0 Å². The van der Waals surface area contributed by atoms with Gasteiger partial charge < -0.3 is 15.3 Å². The van der Waals surface area contributed by atoms with Crippen LogP contribution < -0.4 is 0 Å². The standard InChI is InChI=1S/C18H22O5/c1-2-3-4-5-6-7-12(19)11-10-15(22)16-13(20)8-9-14(21)17(16)18(11)23/h8-10,12,19-21H,2-7H2,1H3. The minimum absolute atomic E-state index is 0.0149. The molecule has 0 fully saturated rings. The number of unbranched alkanes of at least 4 members (excludes halogenated alkanes) is 4. The van der Waals surface area contributed by atoms with Gasteiger partial charge in [-0.25, -0.2) is 0 Å². The van der Waals surface area contributed by atoms with E-state index < -0.39 is 17.7 Å². The van der Waals surface area contributed by atoms with Gasteiger partial charge in [-0.2, -0.15) is 0 Å². The Morgan fingerprint density at radius 3 is 2.22 bits per heavy atom. The van der Waals surface area contributed by atoms with Crippen molar-refractivity contribution in [1.82, 2.24) is 0 Å². The van der Waals surface area contributed by atoms with Gasteiger partial charge in [0.2, 0.25) is 0 Å². The summed E-state index contributed by atoms with van der Waals surface area (Å²) in [5.74, 6) is -1.89. The van der Waals surface area contributed by atoms with Crippen molar-refractivity contribution in [3.8, 4) is 11.5 Å². The maximum absolute atomic E-state index is 12.5. The van der Waals surface area contributed by atoms with Crippen LogP contribution in [0.25, 0.3) is 0 Å². The van der Waals surface area contributed by atoms with E-state index in [0.29, 0.717) is 6.42 Å². The molecule has 0 saturated heterocycles. The molecule has 0 spiro atoms. The SMILES string of the molecule is CCCCCCCC(O)C1=CC(=O)c2c(O)ccc(O)c2C1=O. The maximum atomic E-state index is 12.5.